The topological polar surface area (TPSA) is 20.2 Å². The Balaban J connectivity index is 2.25. The minimum Gasteiger partial charge on any atom is -0.388 e. The second-order valence-electron chi connectivity index (χ2n) is 5.22. The van der Waals surface area contributed by atoms with Crippen LogP contribution in [0.15, 0.2) is 36.4 Å². The van der Waals surface area contributed by atoms with E-state index in [2.05, 4.69) is 32.0 Å². The van der Waals surface area contributed by atoms with Crippen LogP contribution in [0.5, 0.6) is 0 Å². The van der Waals surface area contributed by atoms with E-state index >= 15 is 0 Å². The van der Waals surface area contributed by atoms with E-state index in [9.17, 15) is 5.11 Å². The van der Waals surface area contributed by atoms with Crippen LogP contribution in [0.4, 0.5) is 0 Å². The molecule has 0 bridgehead atoms. The number of aliphatic hydroxyl groups excluding tert-OH is 1. The summed E-state index contributed by atoms with van der Waals surface area (Å²) in [4.78, 5) is 0. The normalized spacial score (nSPS) is 12.5. The lowest BCUT2D eigenvalue weighted by atomic mass is 9.96. The van der Waals surface area contributed by atoms with E-state index < -0.39 is 6.10 Å². The zero-order valence-electron chi connectivity index (χ0n) is 11.6. The highest BCUT2D eigenvalue weighted by Crippen LogP contribution is 2.25. The summed E-state index contributed by atoms with van der Waals surface area (Å²) in [5.74, 6) is 0. The van der Waals surface area contributed by atoms with Gasteiger partial charge in [-0.2, -0.15) is 0 Å². The van der Waals surface area contributed by atoms with Crippen molar-refractivity contribution in [3.63, 3.8) is 0 Å². The highest BCUT2D eigenvalue weighted by molar-refractivity contribution is 6.30. The number of benzene rings is 2. The van der Waals surface area contributed by atoms with Crippen LogP contribution in [0, 0.1) is 20.8 Å². The molecule has 2 heteroatoms. The molecule has 0 saturated carbocycles. The third-order valence-corrected chi connectivity index (χ3v) is 3.55. The Bertz CT molecular complexity index is 570. The van der Waals surface area contributed by atoms with Crippen molar-refractivity contribution in [2.24, 2.45) is 0 Å². The highest BCUT2D eigenvalue weighted by Gasteiger charge is 2.12. The first-order valence-corrected chi connectivity index (χ1v) is 6.85. The van der Waals surface area contributed by atoms with Gasteiger partial charge < -0.3 is 5.11 Å². The van der Waals surface area contributed by atoms with Gasteiger partial charge in [0.1, 0.15) is 0 Å². The van der Waals surface area contributed by atoms with E-state index in [4.69, 9.17) is 11.6 Å². The van der Waals surface area contributed by atoms with Gasteiger partial charge in [0.15, 0.2) is 0 Å². The predicted molar refractivity (Wildman–Crippen MR) is 80.8 cm³/mol. The Morgan fingerprint density at radius 1 is 1.00 bits per heavy atom. The Morgan fingerprint density at radius 3 is 2.26 bits per heavy atom. The number of rotatable bonds is 3. The average molecular weight is 275 g/mol. The van der Waals surface area contributed by atoms with Crippen molar-refractivity contribution in [3.05, 3.63) is 69.2 Å². The van der Waals surface area contributed by atoms with Crippen LogP contribution in [-0.4, -0.2) is 5.11 Å². The van der Waals surface area contributed by atoms with E-state index in [0.29, 0.717) is 11.4 Å². The maximum atomic E-state index is 10.4. The molecule has 0 aliphatic carbocycles. The molecule has 0 spiro atoms. The van der Waals surface area contributed by atoms with Gasteiger partial charge in [-0.1, -0.05) is 47.0 Å². The molecule has 0 heterocycles. The van der Waals surface area contributed by atoms with Crippen LogP contribution in [0.3, 0.4) is 0 Å². The van der Waals surface area contributed by atoms with E-state index in [1.54, 1.807) is 0 Å². The summed E-state index contributed by atoms with van der Waals surface area (Å²) in [5, 5.41) is 11.1. The minimum absolute atomic E-state index is 0.514. The summed E-state index contributed by atoms with van der Waals surface area (Å²) in [6.45, 7) is 6.15. The summed E-state index contributed by atoms with van der Waals surface area (Å²) < 4.78 is 0. The molecule has 2 aromatic rings. The molecule has 0 saturated heterocycles. The Kier molecular flexibility index (Phi) is 4.28. The van der Waals surface area contributed by atoms with Crippen LogP contribution < -0.4 is 0 Å². The number of aliphatic hydroxyl groups is 1. The monoisotopic (exact) mass is 274 g/mol. The maximum Gasteiger partial charge on any atom is 0.0833 e. The third-order valence-electron chi connectivity index (χ3n) is 3.31. The van der Waals surface area contributed by atoms with Crippen molar-refractivity contribution in [1.29, 1.82) is 0 Å². The second-order valence-corrected chi connectivity index (χ2v) is 5.65. The van der Waals surface area contributed by atoms with E-state index in [1.807, 2.05) is 25.1 Å². The number of hydrogen-bond acceptors (Lipinski definition) is 1. The van der Waals surface area contributed by atoms with Gasteiger partial charge in [-0.15, -0.1) is 0 Å². The SMILES string of the molecule is Cc1cc(C)cc(CC(O)c2cc(Cl)ccc2C)c1. The zero-order valence-corrected chi connectivity index (χ0v) is 12.3. The van der Waals surface area contributed by atoms with Gasteiger partial charge in [0.25, 0.3) is 0 Å². The van der Waals surface area contributed by atoms with Crippen molar-refractivity contribution in [3.8, 4) is 0 Å². The molecule has 0 aliphatic heterocycles. The molecule has 1 unspecified atom stereocenters. The fourth-order valence-corrected chi connectivity index (χ4v) is 2.67. The lowest BCUT2D eigenvalue weighted by Crippen LogP contribution is -2.04. The molecule has 0 aliphatic rings. The number of aryl methyl sites for hydroxylation is 3. The summed E-state index contributed by atoms with van der Waals surface area (Å²) in [7, 11) is 0. The third kappa shape index (κ3) is 3.59. The molecule has 0 aromatic heterocycles. The molecular weight excluding hydrogens is 256 g/mol. The summed E-state index contributed by atoms with van der Waals surface area (Å²) in [5.41, 5.74) is 5.59. The van der Waals surface area contributed by atoms with Crippen molar-refractivity contribution in [1.82, 2.24) is 0 Å². The van der Waals surface area contributed by atoms with Crippen LogP contribution in [0.2, 0.25) is 5.02 Å². The average Bonchev–Trinajstić information content (AvgIpc) is 2.30. The molecule has 100 valence electrons. The Hall–Kier alpha value is -1.31. The van der Waals surface area contributed by atoms with Crippen LogP contribution in [0.25, 0.3) is 0 Å². The van der Waals surface area contributed by atoms with Gasteiger partial charge in [-0.3, -0.25) is 0 Å². The largest absolute Gasteiger partial charge is 0.388 e. The van der Waals surface area contributed by atoms with Gasteiger partial charge in [0.2, 0.25) is 0 Å². The molecule has 19 heavy (non-hydrogen) atoms. The number of hydrogen-bond donors (Lipinski definition) is 1. The van der Waals surface area contributed by atoms with Gasteiger partial charge in [-0.25, -0.2) is 0 Å². The highest BCUT2D eigenvalue weighted by atomic mass is 35.5. The Morgan fingerprint density at radius 2 is 1.63 bits per heavy atom. The van der Waals surface area contributed by atoms with E-state index in [0.717, 1.165) is 16.7 Å². The molecule has 0 radical (unpaired) electrons. The molecule has 2 rings (SSSR count). The lowest BCUT2D eigenvalue weighted by molar-refractivity contribution is 0.177. The predicted octanol–water partition coefficient (Wildman–Crippen LogP) is 4.54. The van der Waals surface area contributed by atoms with E-state index in [1.165, 1.54) is 11.1 Å². The Labute approximate surface area is 119 Å². The molecule has 1 nitrogen and oxygen atoms in total. The molecule has 1 N–H and O–H groups in total. The maximum absolute atomic E-state index is 10.4. The van der Waals surface area contributed by atoms with Crippen molar-refractivity contribution < 1.29 is 5.11 Å². The molecular formula is C17H19ClO. The summed E-state index contributed by atoms with van der Waals surface area (Å²) >= 11 is 6.00. The molecule has 0 amide bonds. The number of halogens is 1. The van der Waals surface area contributed by atoms with Crippen molar-refractivity contribution in [2.75, 3.05) is 0 Å². The van der Waals surface area contributed by atoms with E-state index in [-0.39, 0.29) is 0 Å². The second kappa shape index (κ2) is 5.77. The van der Waals surface area contributed by atoms with Gasteiger partial charge in [0.05, 0.1) is 6.10 Å². The smallest absolute Gasteiger partial charge is 0.0833 e. The minimum atomic E-state index is -0.514. The molecule has 1 atom stereocenters. The quantitative estimate of drug-likeness (QED) is 0.871. The molecule has 2 aromatic carbocycles. The van der Waals surface area contributed by atoms with Crippen molar-refractivity contribution in [2.45, 2.75) is 33.3 Å². The van der Waals surface area contributed by atoms with Crippen LogP contribution in [-0.2, 0) is 6.42 Å². The zero-order chi connectivity index (χ0) is 14.0. The molecule has 0 fully saturated rings. The summed E-state index contributed by atoms with van der Waals surface area (Å²) in [6.07, 6.45) is 0.101. The van der Waals surface area contributed by atoms with Gasteiger partial charge in [-0.05, 0) is 49.6 Å². The first-order chi connectivity index (χ1) is 8.95. The fourth-order valence-electron chi connectivity index (χ4n) is 2.49. The fraction of sp³-hybridized carbons (Fsp3) is 0.294. The van der Waals surface area contributed by atoms with Gasteiger partial charge in [0, 0.05) is 11.4 Å². The van der Waals surface area contributed by atoms with Gasteiger partial charge >= 0.3 is 0 Å². The standard InChI is InChI=1S/C17H19ClO/c1-11-6-12(2)8-14(7-11)9-17(19)16-10-15(18)5-4-13(16)3/h4-8,10,17,19H,9H2,1-3H3. The van der Waals surface area contributed by atoms with Crippen molar-refractivity contribution >= 4 is 11.6 Å². The van der Waals surface area contributed by atoms with Crippen LogP contribution in [0.1, 0.15) is 33.9 Å². The summed E-state index contributed by atoms with van der Waals surface area (Å²) in [6, 6.07) is 12.0. The first-order valence-electron chi connectivity index (χ1n) is 6.47. The lowest BCUT2D eigenvalue weighted by Gasteiger charge is -2.15. The first kappa shape index (κ1) is 14.1. The van der Waals surface area contributed by atoms with Crippen LogP contribution >= 0.6 is 11.6 Å².